The summed E-state index contributed by atoms with van der Waals surface area (Å²) < 4.78 is 6.25. The second-order valence-electron chi connectivity index (χ2n) is 6.47. The molecular weight excluding hydrogens is 268 g/mol. The van der Waals surface area contributed by atoms with E-state index in [9.17, 15) is 0 Å². The molecule has 1 aromatic heterocycles. The van der Waals surface area contributed by atoms with Crippen LogP contribution in [0.5, 0.6) is 0 Å². The monoisotopic (exact) mass is 288 g/mol. The minimum atomic E-state index is 0.990. The number of benzene rings is 3. The molecular formula is C21H20O. The number of hydrogen-bond donors (Lipinski definition) is 0. The third-order valence-corrected chi connectivity index (χ3v) is 5.23. The number of hydrogen-bond acceptors (Lipinski definition) is 1. The molecule has 22 heavy (non-hydrogen) atoms. The van der Waals surface area contributed by atoms with Gasteiger partial charge >= 0.3 is 0 Å². The van der Waals surface area contributed by atoms with Crippen LogP contribution in [0.4, 0.5) is 0 Å². The van der Waals surface area contributed by atoms with E-state index in [1.807, 2.05) is 0 Å². The van der Waals surface area contributed by atoms with Crippen LogP contribution in [-0.2, 0) is 0 Å². The average Bonchev–Trinajstić information content (AvgIpc) is 2.91. The van der Waals surface area contributed by atoms with E-state index in [-0.39, 0.29) is 0 Å². The van der Waals surface area contributed by atoms with Crippen molar-refractivity contribution in [2.45, 2.75) is 34.6 Å². The summed E-state index contributed by atoms with van der Waals surface area (Å²) in [5.74, 6) is 0. The zero-order chi connectivity index (χ0) is 15.6. The molecule has 0 spiro atoms. The fourth-order valence-corrected chi connectivity index (χ4v) is 3.57. The maximum Gasteiger partial charge on any atom is 0.138 e. The maximum atomic E-state index is 6.25. The Morgan fingerprint density at radius 3 is 2.14 bits per heavy atom. The Labute approximate surface area is 130 Å². The molecule has 110 valence electrons. The molecule has 4 aromatic rings. The molecule has 1 heterocycles. The van der Waals surface area contributed by atoms with Gasteiger partial charge in [0.1, 0.15) is 11.2 Å². The Kier molecular flexibility index (Phi) is 2.65. The van der Waals surface area contributed by atoms with Gasteiger partial charge in [-0.1, -0.05) is 29.8 Å². The number of aryl methyl sites for hydroxylation is 3. The molecule has 4 rings (SSSR count). The van der Waals surface area contributed by atoms with E-state index in [1.54, 1.807) is 0 Å². The minimum absolute atomic E-state index is 0.990. The summed E-state index contributed by atoms with van der Waals surface area (Å²) in [5.41, 5.74) is 8.63. The smallest absolute Gasteiger partial charge is 0.138 e. The summed E-state index contributed by atoms with van der Waals surface area (Å²) in [6, 6.07) is 10.9. The summed E-state index contributed by atoms with van der Waals surface area (Å²) in [5, 5.41) is 5.12. The molecule has 0 amide bonds. The van der Waals surface area contributed by atoms with Crippen molar-refractivity contribution in [1.29, 1.82) is 0 Å². The van der Waals surface area contributed by atoms with E-state index in [0.29, 0.717) is 0 Å². The first-order valence-corrected chi connectivity index (χ1v) is 7.81. The molecule has 0 aliphatic rings. The minimum Gasteiger partial charge on any atom is -0.456 e. The van der Waals surface area contributed by atoms with Crippen LogP contribution >= 0.6 is 0 Å². The van der Waals surface area contributed by atoms with Crippen molar-refractivity contribution >= 4 is 32.7 Å². The summed E-state index contributed by atoms with van der Waals surface area (Å²) in [6.07, 6.45) is 0. The average molecular weight is 288 g/mol. The molecule has 0 unspecified atom stereocenters. The number of fused-ring (bicyclic) bond motifs is 5. The lowest BCUT2D eigenvalue weighted by molar-refractivity contribution is 0.665. The van der Waals surface area contributed by atoms with Crippen LogP contribution < -0.4 is 0 Å². The Morgan fingerprint density at radius 1 is 0.682 bits per heavy atom. The van der Waals surface area contributed by atoms with E-state index < -0.39 is 0 Å². The predicted molar refractivity (Wildman–Crippen MR) is 94.9 cm³/mol. The van der Waals surface area contributed by atoms with Crippen LogP contribution in [0.1, 0.15) is 27.8 Å². The van der Waals surface area contributed by atoms with Crippen molar-refractivity contribution in [2.75, 3.05) is 0 Å². The summed E-state index contributed by atoms with van der Waals surface area (Å²) in [6.45, 7) is 10.9. The fourth-order valence-electron chi connectivity index (χ4n) is 3.57. The zero-order valence-corrected chi connectivity index (χ0v) is 13.8. The van der Waals surface area contributed by atoms with E-state index >= 15 is 0 Å². The standard InChI is InChI=1S/C21H20O/c1-11-6-7-16-8-9-18-20(17(16)10-11)19-14(4)12(2)13(3)15(5)21(19)22-18/h6-10H,1-5H3. The topological polar surface area (TPSA) is 13.1 Å². The van der Waals surface area contributed by atoms with Crippen LogP contribution in [-0.4, -0.2) is 0 Å². The molecule has 0 bridgehead atoms. The molecule has 3 aromatic carbocycles. The van der Waals surface area contributed by atoms with Gasteiger partial charge in [-0.3, -0.25) is 0 Å². The second-order valence-corrected chi connectivity index (χ2v) is 6.47. The lowest BCUT2D eigenvalue weighted by Gasteiger charge is -2.10. The molecule has 0 saturated heterocycles. The predicted octanol–water partition coefficient (Wildman–Crippen LogP) is 6.28. The quantitative estimate of drug-likeness (QED) is 0.371. The fraction of sp³-hybridized carbons (Fsp3) is 0.238. The molecule has 0 N–H and O–H groups in total. The van der Waals surface area contributed by atoms with Gasteiger partial charge in [-0.15, -0.1) is 0 Å². The molecule has 0 aliphatic heterocycles. The van der Waals surface area contributed by atoms with Crippen LogP contribution in [0.3, 0.4) is 0 Å². The van der Waals surface area contributed by atoms with Crippen molar-refractivity contribution in [3.05, 3.63) is 58.1 Å². The summed E-state index contributed by atoms with van der Waals surface area (Å²) >= 11 is 0. The van der Waals surface area contributed by atoms with Crippen LogP contribution in [0.25, 0.3) is 32.7 Å². The van der Waals surface area contributed by atoms with Crippen LogP contribution in [0.15, 0.2) is 34.7 Å². The van der Waals surface area contributed by atoms with Gasteiger partial charge in [-0.2, -0.15) is 0 Å². The summed E-state index contributed by atoms with van der Waals surface area (Å²) in [4.78, 5) is 0. The lowest BCUT2D eigenvalue weighted by atomic mass is 9.93. The Hall–Kier alpha value is -2.28. The summed E-state index contributed by atoms with van der Waals surface area (Å²) in [7, 11) is 0. The van der Waals surface area contributed by atoms with Gasteiger partial charge in [0.25, 0.3) is 0 Å². The molecule has 1 heteroatoms. The van der Waals surface area contributed by atoms with E-state index in [0.717, 1.165) is 11.2 Å². The molecule has 0 aliphatic carbocycles. The van der Waals surface area contributed by atoms with Crippen molar-refractivity contribution < 1.29 is 4.42 Å². The van der Waals surface area contributed by atoms with Gasteiger partial charge in [0.05, 0.1) is 0 Å². The van der Waals surface area contributed by atoms with Gasteiger partial charge in [-0.05, 0) is 73.7 Å². The van der Waals surface area contributed by atoms with Gasteiger partial charge in [-0.25, -0.2) is 0 Å². The Morgan fingerprint density at radius 2 is 1.36 bits per heavy atom. The number of furan rings is 1. The van der Waals surface area contributed by atoms with E-state index in [2.05, 4.69) is 65.0 Å². The van der Waals surface area contributed by atoms with E-state index in [4.69, 9.17) is 4.42 Å². The highest BCUT2D eigenvalue weighted by Crippen LogP contribution is 2.40. The lowest BCUT2D eigenvalue weighted by Crippen LogP contribution is -1.92. The molecule has 0 saturated carbocycles. The van der Waals surface area contributed by atoms with Crippen molar-refractivity contribution in [2.24, 2.45) is 0 Å². The van der Waals surface area contributed by atoms with Gasteiger partial charge < -0.3 is 4.42 Å². The first-order valence-electron chi connectivity index (χ1n) is 7.81. The van der Waals surface area contributed by atoms with Gasteiger partial charge in [0.2, 0.25) is 0 Å². The van der Waals surface area contributed by atoms with Crippen molar-refractivity contribution in [1.82, 2.24) is 0 Å². The highest BCUT2D eigenvalue weighted by Gasteiger charge is 2.17. The van der Waals surface area contributed by atoms with Gasteiger partial charge in [0, 0.05) is 10.8 Å². The second kappa shape index (κ2) is 4.36. The van der Waals surface area contributed by atoms with Crippen molar-refractivity contribution in [3.63, 3.8) is 0 Å². The van der Waals surface area contributed by atoms with Gasteiger partial charge in [0.15, 0.2) is 0 Å². The maximum absolute atomic E-state index is 6.25. The third kappa shape index (κ3) is 1.60. The first kappa shape index (κ1) is 13.4. The Balaban J connectivity index is 2.37. The normalized spacial score (nSPS) is 11.9. The first-order chi connectivity index (χ1) is 10.5. The number of rotatable bonds is 0. The molecule has 1 nitrogen and oxygen atoms in total. The molecule has 0 fully saturated rings. The Bertz CT molecular complexity index is 1060. The highest BCUT2D eigenvalue weighted by atomic mass is 16.3. The zero-order valence-electron chi connectivity index (χ0n) is 13.8. The van der Waals surface area contributed by atoms with Crippen LogP contribution in [0.2, 0.25) is 0 Å². The van der Waals surface area contributed by atoms with E-state index in [1.165, 1.54) is 49.4 Å². The SMILES string of the molecule is Cc1ccc2ccc3oc4c(C)c(C)c(C)c(C)c4c3c2c1. The highest BCUT2D eigenvalue weighted by molar-refractivity contribution is 6.20. The molecule has 0 atom stereocenters. The third-order valence-electron chi connectivity index (χ3n) is 5.23. The van der Waals surface area contributed by atoms with Crippen molar-refractivity contribution in [3.8, 4) is 0 Å². The largest absolute Gasteiger partial charge is 0.456 e. The van der Waals surface area contributed by atoms with Crippen LogP contribution in [0, 0.1) is 34.6 Å². The molecule has 0 radical (unpaired) electrons.